The second-order valence-electron chi connectivity index (χ2n) is 6.78. The SMILES string of the molecule is OC(CNCc1ccc(C(F)(F)F)cc1)CO/N=C/C1=C(Cl)c2cc(Cl)ccc2OC1. The van der Waals surface area contributed by atoms with Crippen LogP contribution in [0.5, 0.6) is 5.75 Å². The van der Waals surface area contributed by atoms with Crippen molar-refractivity contribution in [3.63, 3.8) is 0 Å². The number of aliphatic hydroxyl groups is 1. The van der Waals surface area contributed by atoms with Crippen molar-refractivity contribution in [3.8, 4) is 5.75 Å². The van der Waals surface area contributed by atoms with Crippen LogP contribution in [0.2, 0.25) is 5.02 Å². The van der Waals surface area contributed by atoms with E-state index in [1.807, 2.05) is 0 Å². The summed E-state index contributed by atoms with van der Waals surface area (Å²) in [5.41, 5.74) is 1.23. The molecule has 0 saturated heterocycles. The number of alkyl halides is 3. The number of halogens is 5. The van der Waals surface area contributed by atoms with Crippen LogP contribution in [-0.4, -0.2) is 37.2 Å². The Morgan fingerprint density at radius 3 is 2.65 bits per heavy atom. The lowest BCUT2D eigenvalue weighted by atomic mass is 10.1. The molecule has 1 aliphatic rings. The summed E-state index contributed by atoms with van der Waals surface area (Å²) in [6.45, 7) is 0.623. The molecule has 0 aliphatic carbocycles. The van der Waals surface area contributed by atoms with E-state index in [-0.39, 0.29) is 19.8 Å². The van der Waals surface area contributed by atoms with Gasteiger partial charge < -0.3 is 20.0 Å². The van der Waals surface area contributed by atoms with Gasteiger partial charge in [-0.3, -0.25) is 0 Å². The van der Waals surface area contributed by atoms with Crippen LogP contribution in [-0.2, 0) is 17.6 Å². The van der Waals surface area contributed by atoms with Gasteiger partial charge in [-0.05, 0) is 35.9 Å². The largest absolute Gasteiger partial charge is 0.488 e. The average molecular weight is 475 g/mol. The fourth-order valence-electron chi connectivity index (χ4n) is 2.77. The summed E-state index contributed by atoms with van der Waals surface area (Å²) in [7, 11) is 0. The third-order valence-corrected chi connectivity index (χ3v) is 5.06. The molecule has 1 unspecified atom stereocenters. The van der Waals surface area contributed by atoms with E-state index in [1.165, 1.54) is 18.3 Å². The fourth-order valence-corrected chi connectivity index (χ4v) is 3.19. The average Bonchev–Trinajstić information content (AvgIpc) is 2.73. The summed E-state index contributed by atoms with van der Waals surface area (Å²) in [6, 6.07) is 9.95. The highest BCUT2D eigenvalue weighted by molar-refractivity contribution is 6.51. The molecule has 5 nitrogen and oxygen atoms in total. The maximum atomic E-state index is 12.6. The standard InChI is InChI=1S/C21H19Cl2F3N2O3/c22-16-5-6-19-18(7-16)20(23)14(11-30-19)9-28-31-12-17(29)10-27-8-13-1-3-15(4-2-13)21(24,25)26/h1-7,9,17,27,29H,8,10-12H2/b28-9+. The van der Waals surface area contributed by atoms with Crippen molar-refractivity contribution < 1.29 is 27.9 Å². The van der Waals surface area contributed by atoms with Crippen molar-refractivity contribution in [2.75, 3.05) is 19.8 Å². The van der Waals surface area contributed by atoms with Gasteiger partial charge in [-0.15, -0.1) is 0 Å². The van der Waals surface area contributed by atoms with Crippen LogP contribution < -0.4 is 10.1 Å². The molecular weight excluding hydrogens is 456 g/mol. The molecule has 1 heterocycles. The lowest BCUT2D eigenvalue weighted by Gasteiger charge is -2.18. The Kier molecular flexibility index (Phi) is 7.83. The van der Waals surface area contributed by atoms with E-state index >= 15 is 0 Å². The Balaban J connectivity index is 1.41. The van der Waals surface area contributed by atoms with Crippen LogP contribution in [0.4, 0.5) is 13.2 Å². The quantitative estimate of drug-likeness (QED) is 0.423. The first-order valence-corrected chi connectivity index (χ1v) is 10.0. The first kappa shape index (κ1) is 23.4. The first-order valence-electron chi connectivity index (χ1n) is 9.25. The molecule has 10 heteroatoms. The first-order chi connectivity index (χ1) is 14.7. The van der Waals surface area contributed by atoms with Gasteiger partial charge in [0.05, 0.1) is 16.8 Å². The topological polar surface area (TPSA) is 63.1 Å². The molecule has 1 aliphatic heterocycles. The van der Waals surface area contributed by atoms with Crippen molar-refractivity contribution in [1.82, 2.24) is 5.32 Å². The number of aliphatic hydroxyl groups excluding tert-OH is 1. The third kappa shape index (κ3) is 6.61. The van der Waals surface area contributed by atoms with Gasteiger partial charge in [0.15, 0.2) is 0 Å². The maximum Gasteiger partial charge on any atom is 0.416 e. The third-order valence-electron chi connectivity index (χ3n) is 4.38. The van der Waals surface area contributed by atoms with E-state index in [0.717, 1.165) is 12.1 Å². The molecule has 0 spiro atoms. The minimum atomic E-state index is -4.36. The van der Waals surface area contributed by atoms with Gasteiger partial charge in [-0.25, -0.2) is 0 Å². The molecule has 3 rings (SSSR count). The number of rotatable bonds is 8. The van der Waals surface area contributed by atoms with Crippen molar-refractivity contribution in [2.24, 2.45) is 5.16 Å². The zero-order valence-corrected chi connectivity index (χ0v) is 17.6. The van der Waals surface area contributed by atoms with Crippen molar-refractivity contribution >= 4 is 34.4 Å². The molecular formula is C21H19Cl2F3N2O3. The highest BCUT2D eigenvalue weighted by Crippen LogP contribution is 2.36. The van der Waals surface area contributed by atoms with Gasteiger partial charge in [0.25, 0.3) is 0 Å². The van der Waals surface area contributed by atoms with Crippen LogP contribution in [0.3, 0.4) is 0 Å². The summed E-state index contributed by atoms with van der Waals surface area (Å²) < 4.78 is 43.2. The normalized spacial score (nSPS) is 15.0. The predicted molar refractivity (Wildman–Crippen MR) is 113 cm³/mol. The molecule has 166 valence electrons. The Morgan fingerprint density at radius 2 is 1.94 bits per heavy atom. The van der Waals surface area contributed by atoms with Gasteiger partial charge in [0.2, 0.25) is 0 Å². The summed E-state index contributed by atoms with van der Waals surface area (Å²) >= 11 is 12.3. The van der Waals surface area contributed by atoms with Crippen LogP contribution in [0.25, 0.3) is 5.03 Å². The van der Waals surface area contributed by atoms with Crippen molar-refractivity contribution in [2.45, 2.75) is 18.8 Å². The second-order valence-corrected chi connectivity index (χ2v) is 7.59. The highest BCUT2D eigenvalue weighted by atomic mass is 35.5. The molecule has 0 aromatic heterocycles. The highest BCUT2D eigenvalue weighted by Gasteiger charge is 2.29. The molecule has 2 aromatic carbocycles. The van der Waals surface area contributed by atoms with Crippen LogP contribution in [0, 0.1) is 0 Å². The molecule has 2 aromatic rings. The van der Waals surface area contributed by atoms with Crippen molar-refractivity contribution in [3.05, 3.63) is 69.8 Å². The van der Waals surface area contributed by atoms with Gasteiger partial charge in [-0.1, -0.05) is 40.5 Å². The van der Waals surface area contributed by atoms with E-state index in [0.29, 0.717) is 39.0 Å². The molecule has 31 heavy (non-hydrogen) atoms. The Hall–Kier alpha value is -2.26. The van der Waals surface area contributed by atoms with Crippen LogP contribution >= 0.6 is 23.2 Å². The number of benzene rings is 2. The molecule has 1 atom stereocenters. The minimum absolute atomic E-state index is 0.0787. The van der Waals surface area contributed by atoms with E-state index < -0.39 is 17.8 Å². The Bertz CT molecular complexity index is 963. The van der Waals surface area contributed by atoms with E-state index in [9.17, 15) is 18.3 Å². The summed E-state index contributed by atoms with van der Waals surface area (Å²) in [5.74, 6) is 0.627. The summed E-state index contributed by atoms with van der Waals surface area (Å²) in [6.07, 6.45) is -3.81. The number of fused-ring (bicyclic) bond motifs is 1. The number of nitrogens with zero attached hydrogens (tertiary/aromatic N) is 1. The van der Waals surface area contributed by atoms with Crippen LogP contribution in [0.15, 0.2) is 53.2 Å². The van der Waals surface area contributed by atoms with Gasteiger partial charge >= 0.3 is 6.18 Å². The molecule has 2 N–H and O–H groups in total. The monoisotopic (exact) mass is 474 g/mol. The fraction of sp³-hybridized carbons (Fsp3) is 0.286. The number of oxime groups is 1. The number of hydrogen-bond acceptors (Lipinski definition) is 5. The number of hydrogen-bond donors (Lipinski definition) is 2. The van der Waals surface area contributed by atoms with Gasteiger partial charge in [0.1, 0.15) is 25.1 Å². The molecule has 0 bridgehead atoms. The summed E-state index contributed by atoms with van der Waals surface area (Å²) in [4.78, 5) is 5.09. The molecule has 0 fully saturated rings. The molecule has 0 saturated carbocycles. The zero-order chi connectivity index (χ0) is 22.4. The lowest BCUT2D eigenvalue weighted by Crippen LogP contribution is -2.29. The summed E-state index contributed by atoms with van der Waals surface area (Å²) in [5, 5.41) is 17.7. The second kappa shape index (κ2) is 10.4. The van der Waals surface area contributed by atoms with Crippen molar-refractivity contribution in [1.29, 1.82) is 0 Å². The Morgan fingerprint density at radius 1 is 1.19 bits per heavy atom. The smallest absolute Gasteiger partial charge is 0.416 e. The number of nitrogens with one attached hydrogen (secondary N) is 1. The predicted octanol–water partition coefficient (Wildman–Crippen LogP) is 4.85. The maximum absolute atomic E-state index is 12.6. The van der Waals surface area contributed by atoms with Crippen LogP contribution in [0.1, 0.15) is 16.7 Å². The lowest BCUT2D eigenvalue weighted by molar-refractivity contribution is -0.137. The van der Waals surface area contributed by atoms with E-state index in [4.69, 9.17) is 32.8 Å². The van der Waals surface area contributed by atoms with Gasteiger partial charge in [-0.2, -0.15) is 13.2 Å². The molecule has 0 amide bonds. The van der Waals surface area contributed by atoms with Gasteiger partial charge in [0, 0.05) is 29.2 Å². The Labute approximate surface area is 187 Å². The minimum Gasteiger partial charge on any atom is -0.488 e. The zero-order valence-electron chi connectivity index (χ0n) is 16.1. The number of ether oxygens (including phenoxy) is 1. The van der Waals surface area contributed by atoms with E-state index in [2.05, 4.69) is 10.5 Å². The molecule has 0 radical (unpaired) electrons. The van der Waals surface area contributed by atoms with E-state index in [1.54, 1.807) is 18.2 Å².